The van der Waals surface area contributed by atoms with Gasteiger partial charge in [-0.3, -0.25) is 9.59 Å². The lowest BCUT2D eigenvalue weighted by molar-refractivity contribution is -0.150. The standard InChI is InChI=1S/C14H25NO3/c1-4-18-14(17)10-15(11(2)3)13(16)9-12-7-5-6-8-12/h11-12H,4-10H2,1-3H3. The van der Waals surface area contributed by atoms with E-state index in [-0.39, 0.29) is 24.5 Å². The van der Waals surface area contributed by atoms with Crippen LogP contribution in [-0.4, -0.2) is 36.0 Å². The van der Waals surface area contributed by atoms with Crippen molar-refractivity contribution in [1.29, 1.82) is 0 Å². The maximum atomic E-state index is 12.2. The van der Waals surface area contributed by atoms with Crippen LogP contribution in [0.15, 0.2) is 0 Å². The molecule has 0 spiro atoms. The second-order valence-electron chi connectivity index (χ2n) is 5.28. The Morgan fingerprint density at radius 3 is 2.39 bits per heavy atom. The first-order valence-corrected chi connectivity index (χ1v) is 6.99. The number of carbonyl (C=O) groups excluding carboxylic acids is 2. The van der Waals surface area contributed by atoms with Crippen LogP contribution in [0.3, 0.4) is 0 Å². The summed E-state index contributed by atoms with van der Waals surface area (Å²) < 4.78 is 4.91. The number of rotatable bonds is 6. The van der Waals surface area contributed by atoms with E-state index >= 15 is 0 Å². The van der Waals surface area contributed by atoms with E-state index in [1.165, 1.54) is 12.8 Å². The molecule has 0 saturated heterocycles. The Morgan fingerprint density at radius 2 is 1.89 bits per heavy atom. The minimum Gasteiger partial charge on any atom is -0.465 e. The monoisotopic (exact) mass is 255 g/mol. The first-order valence-electron chi connectivity index (χ1n) is 6.99. The number of nitrogens with zero attached hydrogens (tertiary/aromatic N) is 1. The van der Waals surface area contributed by atoms with Gasteiger partial charge in [-0.05, 0) is 39.5 Å². The van der Waals surface area contributed by atoms with E-state index < -0.39 is 0 Å². The molecule has 0 aromatic rings. The zero-order chi connectivity index (χ0) is 13.5. The Kier molecular flexibility index (Phi) is 6.16. The van der Waals surface area contributed by atoms with Crippen molar-refractivity contribution in [1.82, 2.24) is 4.90 Å². The van der Waals surface area contributed by atoms with Gasteiger partial charge in [0.15, 0.2) is 0 Å². The number of hydrogen-bond acceptors (Lipinski definition) is 3. The molecule has 0 aliphatic heterocycles. The zero-order valence-electron chi connectivity index (χ0n) is 11.8. The van der Waals surface area contributed by atoms with E-state index in [1.807, 2.05) is 13.8 Å². The third-order valence-electron chi connectivity index (χ3n) is 3.49. The van der Waals surface area contributed by atoms with Crippen molar-refractivity contribution < 1.29 is 14.3 Å². The van der Waals surface area contributed by atoms with Crippen LogP contribution in [0.2, 0.25) is 0 Å². The van der Waals surface area contributed by atoms with Crippen molar-refractivity contribution in [2.75, 3.05) is 13.2 Å². The van der Waals surface area contributed by atoms with Gasteiger partial charge in [-0.25, -0.2) is 0 Å². The van der Waals surface area contributed by atoms with Gasteiger partial charge in [0, 0.05) is 12.5 Å². The van der Waals surface area contributed by atoms with Gasteiger partial charge in [0.1, 0.15) is 6.54 Å². The van der Waals surface area contributed by atoms with Crippen molar-refractivity contribution in [2.45, 2.75) is 58.9 Å². The fraction of sp³-hybridized carbons (Fsp3) is 0.857. The number of carbonyl (C=O) groups is 2. The fourth-order valence-electron chi connectivity index (χ4n) is 2.48. The van der Waals surface area contributed by atoms with E-state index in [1.54, 1.807) is 11.8 Å². The van der Waals surface area contributed by atoms with Gasteiger partial charge in [0.2, 0.25) is 5.91 Å². The topological polar surface area (TPSA) is 46.6 Å². The highest BCUT2D eigenvalue weighted by atomic mass is 16.5. The summed E-state index contributed by atoms with van der Waals surface area (Å²) in [6.07, 6.45) is 5.35. The minimum absolute atomic E-state index is 0.0447. The van der Waals surface area contributed by atoms with Gasteiger partial charge in [-0.2, -0.15) is 0 Å². The number of ether oxygens (including phenoxy) is 1. The van der Waals surface area contributed by atoms with Crippen LogP contribution >= 0.6 is 0 Å². The molecule has 0 heterocycles. The van der Waals surface area contributed by atoms with Gasteiger partial charge >= 0.3 is 5.97 Å². The molecule has 0 bridgehead atoms. The maximum absolute atomic E-state index is 12.2. The molecule has 0 unspecified atom stereocenters. The Balaban J connectivity index is 2.49. The molecule has 1 amide bonds. The number of esters is 1. The molecule has 0 atom stereocenters. The third kappa shape index (κ3) is 4.67. The normalized spacial score (nSPS) is 16.0. The maximum Gasteiger partial charge on any atom is 0.325 e. The molecular weight excluding hydrogens is 230 g/mol. The highest BCUT2D eigenvalue weighted by Crippen LogP contribution is 2.28. The lowest BCUT2D eigenvalue weighted by Crippen LogP contribution is -2.41. The van der Waals surface area contributed by atoms with Crippen LogP contribution in [0.4, 0.5) is 0 Å². The molecule has 0 aromatic carbocycles. The van der Waals surface area contributed by atoms with E-state index in [0.717, 1.165) is 12.8 Å². The van der Waals surface area contributed by atoms with Crippen molar-refractivity contribution >= 4 is 11.9 Å². The first-order chi connectivity index (χ1) is 8.54. The molecule has 104 valence electrons. The Labute approximate surface area is 110 Å². The molecule has 0 N–H and O–H groups in total. The molecule has 1 rings (SSSR count). The summed E-state index contributed by atoms with van der Waals surface area (Å²) in [6, 6.07) is 0.0447. The van der Waals surface area contributed by atoms with Gasteiger partial charge in [-0.15, -0.1) is 0 Å². The summed E-state index contributed by atoms with van der Waals surface area (Å²) in [7, 11) is 0. The summed E-state index contributed by atoms with van der Waals surface area (Å²) in [4.78, 5) is 25.3. The average molecular weight is 255 g/mol. The van der Waals surface area contributed by atoms with Gasteiger partial charge in [0.05, 0.1) is 6.61 Å². The Bertz CT molecular complexity index is 283. The van der Waals surface area contributed by atoms with E-state index in [9.17, 15) is 9.59 Å². The molecule has 0 aromatic heterocycles. The zero-order valence-corrected chi connectivity index (χ0v) is 11.8. The highest BCUT2D eigenvalue weighted by molar-refractivity contribution is 5.82. The van der Waals surface area contributed by atoms with Crippen LogP contribution in [0.1, 0.15) is 52.9 Å². The van der Waals surface area contributed by atoms with Crippen molar-refractivity contribution in [3.05, 3.63) is 0 Å². The molecule has 18 heavy (non-hydrogen) atoms. The predicted octanol–water partition coefficient (Wildman–Crippen LogP) is 2.37. The molecular formula is C14H25NO3. The van der Waals surface area contributed by atoms with Gasteiger partial charge < -0.3 is 9.64 Å². The second-order valence-corrected chi connectivity index (χ2v) is 5.28. The Hall–Kier alpha value is -1.06. The van der Waals surface area contributed by atoms with Crippen LogP contribution in [-0.2, 0) is 14.3 Å². The largest absolute Gasteiger partial charge is 0.465 e. The first kappa shape index (κ1) is 15.0. The summed E-state index contributed by atoms with van der Waals surface area (Å²) in [6.45, 7) is 6.09. The van der Waals surface area contributed by atoms with Gasteiger partial charge in [0.25, 0.3) is 0 Å². The van der Waals surface area contributed by atoms with Gasteiger partial charge in [-0.1, -0.05) is 12.8 Å². The summed E-state index contributed by atoms with van der Waals surface area (Å²) in [5.74, 6) is 0.289. The molecule has 0 radical (unpaired) electrons. The van der Waals surface area contributed by atoms with E-state index in [4.69, 9.17) is 4.74 Å². The highest BCUT2D eigenvalue weighted by Gasteiger charge is 2.25. The molecule has 1 aliphatic rings. The van der Waals surface area contributed by atoms with Crippen LogP contribution in [0, 0.1) is 5.92 Å². The van der Waals surface area contributed by atoms with Crippen LogP contribution in [0.5, 0.6) is 0 Å². The molecule has 4 heteroatoms. The van der Waals surface area contributed by atoms with Crippen LogP contribution < -0.4 is 0 Å². The number of hydrogen-bond donors (Lipinski definition) is 0. The lowest BCUT2D eigenvalue weighted by Gasteiger charge is -2.26. The molecule has 1 aliphatic carbocycles. The van der Waals surface area contributed by atoms with E-state index in [2.05, 4.69) is 0 Å². The van der Waals surface area contributed by atoms with Crippen LogP contribution in [0.25, 0.3) is 0 Å². The lowest BCUT2D eigenvalue weighted by atomic mass is 10.0. The SMILES string of the molecule is CCOC(=O)CN(C(=O)CC1CCCC1)C(C)C. The van der Waals surface area contributed by atoms with Crippen molar-refractivity contribution in [3.63, 3.8) is 0 Å². The summed E-state index contributed by atoms with van der Waals surface area (Å²) >= 11 is 0. The van der Waals surface area contributed by atoms with Crippen molar-refractivity contribution in [3.8, 4) is 0 Å². The number of amides is 1. The fourth-order valence-corrected chi connectivity index (χ4v) is 2.48. The summed E-state index contributed by atoms with van der Waals surface area (Å²) in [5, 5.41) is 0. The van der Waals surface area contributed by atoms with Crippen molar-refractivity contribution in [2.24, 2.45) is 5.92 Å². The quantitative estimate of drug-likeness (QED) is 0.684. The molecule has 4 nitrogen and oxygen atoms in total. The third-order valence-corrected chi connectivity index (χ3v) is 3.49. The molecule has 1 saturated carbocycles. The smallest absolute Gasteiger partial charge is 0.325 e. The average Bonchev–Trinajstić information content (AvgIpc) is 2.78. The minimum atomic E-state index is -0.314. The predicted molar refractivity (Wildman–Crippen MR) is 70.1 cm³/mol. The second kappa shape index (κ2) is 7.39. The Morgan fingerprint density at radius 1 is 1.28 bits per heavy atom. The van der Waals surface area contributed by atoms with E-state index in [0.29, 0.717) is 18.9 Å². The molecule has 1 fully saturated rings. The summed E-state index contributed by atoms with van der Waals surface area (Å²) in [5.41, 5.74) is 0.